The maximum absolute atomic E-state index is 15.4. The second kappa shape index (κ2) is 36.2. The zero-order chi connectivity index (χ0) is 67.8. The molecule has 2 rings (SSSR count). The van der Waals surface area contributed by atoms with Gasteiger partial charge in [-0.3, -0.25) is 57.7 Å². The summed E-state index contributed by atoms with van der Waals surface area (Å²) in [5.41, 5.74) is 16.5. The molecule has 13 atom stereocenters. The third kappa shape index (κ3) is 26.6. The number of hydrogen-bond donors (Lipinski definition) is 17. The molecule has 89 heavy (non-hydrogen) atoms. The Bertz CT molecular complexity index is 2590. The molecule has 1 heterocycles. The highest BCUT2D eigenvalue weighted by atomic mass is 16.3. The van der Waals surface area contributed by atoms with Crippen LogP contribution in [0.25, 0.3) is 0 Å². The van der Waals surface area contributed by atoms with E-state index in [1.807, 2.05) is 20.8 Å². The van der Waals surface area contributed by atoms with Gasteiger partial charge in [0.05, 0.1) is 37.9 Å². The molecule has 1 aliphatic heterocycles. The summed E-state index contributed by atoms with van der Waals surface area (Å²) in [5, 5.41) is 61.0. The first-order valence-corrected chi connectivity index (χ1v) is 30.4. The minimum absolute atomic E-state index is 0.00468. The first kappa shape index (κ1) is 77.6. The Labute approximate surface area is 522 Å². The molecule has 0 saturated carbocycles. The Kier molecular flexibility index (Phi) is 31.6. The highest BCUT2D eigenvalue weighted by molar-refractivity contribution is 5.99. The Balaban J connectivity index is 3.09. The highest BCUT2D eigenvalue weighted by Crippen LogP contribution is 2.25. The van der Waals surface area contributed by atoms with Crippen molar-refractivity contribution < 1.29 is 68.1 Å². The first-order chi connectivity index (χ1) is 41.3. The molecule has 0 aliphatic carbocycles. The smallest absolute Gasteiger partial charge is 0.245 e. The van der Waals surface area contributed by atoms with E-state index in [2.05, 4.69) is 63.5 Å². The Morgan fingerprint density at radius 2 is 1.13 bits per heavy atom. The third-order valence-electron chi connectivity index (χ3n) is 14.6. The Morgan fingerprint density at radius 1 is 0.629 bits per heavy atom. The lowest BCUT2D eigenvalue weighted by Crippen LogP contribution is -2.65. The predicted molar refractivity (Wildman–Crippen MR) is 333 cm³/mol. The maximum atomic E-state index is 15.4. The maximum Gasteiger partial charge on any atom is 0.245 e. The van der Waals surface area contributed by atoms with Crippen LogP contribution in [0.3, 0.4) is 0 Å². The molecule has 1 saturated heterocycles. The van der Waals surface area contributed by atoms with Gasteiger partial charge in [-0.1, -0.05) is 134 Å². The van der Waals surface area contributed by atoms with Gasteiger partial charge in [0.25, 0.3) is 0 Å². The van der Waals surface area contributed by atoms with E-state index in [-0.39, 0.29) is 56.1 Å². The quantitative estimate of drug-likeness (QED) is 0.0360. The van der Waals surface area contributed by atoms with Crippen molar-refractivity contribution in [2.75, 3.05) is 26.3 Å². The number of benzene rings is 1. The zero-order valence-electron chi connectivity index (χ0n) is 54.2. The molecule has 0 spiro atoms. The van der Waals surface area contributed by atoms with Gasteiger partial charge in [0.15, 0.2) is 5.96 Å². The second-order valence-electron chi connectivity index (χ2n) is 26.4. The van der Waals surface area contributed by atoms with Crippen molar-refractivity contribution in [3.05, 3.63) is 35.9 Å². The predicted octanol–water partition coefficient (Wildman–Crippen LogP) is -2.66. The van der Waals surface area contributed by atoms with Crippen molar-refractivity contribution in [3.8, 4) is 0 Å². The molecule has 0 bridgehead atoms. The number of rotatable bonds is 20. The summed E-state index contributed by atoms with van der Waals surface area (Å²) in [6, 6.07) is -9.89. The Hall–Kier alpha value is -7.50. The van der Waals surface area contributed by atoms with E-state index in [1.165, 1.54) is 38.1 Å². The molecule has 20 N–H and O–H groups in total. The van der Waals surface area contributed by atoms with Crippen LogP contribution in [-0.4, -0.2) is 179 Å². The molecule has 1 aliphatic rings. The molecule has 0 aromatic heterocycles. The van der Waals surface area contributed by atoms with Crippen LogP contribution >= 0.6 is 0 Å². The zero-order valence-corrected chi connectivity index (χ0v) is 54.2. The summed E-state index contributed by atoms with van der Waals surface area (Å²) >= 11 is 0. The second-order valence-corrected chi connectivity index (χ2v) is 26.4. The van der Waals surface area contributed by atoms with Crippen molar-refractivity contribution in [3.63, 3.8) is 0 Å². The number of carbonyl (C=O) groups is 11. The number of nitrogens with two attached hydrogens (primary N) is 3. The van der Waals surface area contributed by atoms with Gasteiger partial charge >= 0.3 is 0 Å². The lowest BCUT2D eigenvalue weighted by atomic mass is 9.86. The number of aliphatic hydroxyl groups excluding tert-OH is 3. The van der Waals surface area contributed by atoms with Gasteiger partial charge in [-0.05, 0) is 72.2 Å². The number of amides is 11. The molecule has 29 nitrogen and oxygen atoms in total. The molecule has 1 unspecified atom stereocenters. The standard InChI is InChI=1S/C60H103N15O14/c1-15-33(8)43-55(87)71-42(31(4)5)54(86)65-27-41(78)66-39(28-76)52(84)70-40(29-77)53(85)73-44(34-20-17-16-18-21-34)45(74-51(83)38(26-60(12,13)14)69-48(80)35(61)25-59(9,10)11)56(88)75-46(47(79)32(6)7)57(89)68-37(24-30(2)3)50(82)67-36(49(81)72-43)22-19-23-64-58(62)63/h16-18,20-21,30-33,35-40,42-47,76-77,79H,15,19,22-29,61H2,1-14H3,(H,65,86)(H,66,78)(H,67,82)(H,68,89)(H,69,80)(H,70,84)(H,71,87)(H,72,81)(H,73,85)(H,74,83)(H,75,88)(H4,62,63,64)/t33-,35+,36+,37-,38-,39-,40?,42-,43-,44+,45-,46-,47+/m0/s1. The summed E-state index contributed by atoms with van der Waals surface area (Å²) in [5.74, 6) is -13.5. The van der Waals surface area contributed by atoms with E-state index in [1.54, 1.807) is 68.4 Å². The van der Waals surface area contributed by atoms with E-state index >= 15 is 4.79 Å². The van der Waals surface area contributed by atoms with Gasteiger partial charge in [-0.15, -0.1) is 0 Å². The first-order valence-electron chi connectivity index (χ1n) is 30.4. The number of hydrogen-bond acceptors (Lipinski definition) is 16. The van der Waals surface area contributed by atoms with Crippen molar-refractivity contribution in [2.45, 2.75) is 208 Å². The lowest BCUT2D eigenvalue weighted by Gasteiger charge is -2.35. The summed E-state index contributed by atoms with van der Waals surface area (Å²) in [7, 11) is 0. The SMILES string of the molecule is CC[C@H](C)[C@@H]1NC(=O)[C@@H](CCCN=C(N)N)NC(=O)[C@H](CC(C)C)NC(=O)[C@H]([C@H](O)C(C)C)NC(=O)[C@@H](NC(=O)[C@H](CC(C)(C)C)NC(=O)[C@H](N)CC(C)(C)C)[C@@H](c2ccccc2)NC(=O)C(CO)NC(=O)[C@H](CO)NC(=O)CNC(=O)[C@H](C(C)C)NC1=O. The molecule has 1 aromatic rings. The highest BCUT2D eigenvalue weighted by Gasteiger charge is 2.42. The van der Waals surface area contributed by atoms with Crippen molar-refractivity contribution in [1.82, 2.24) is 58.5 Å². The van der Waals surface area contributed by atoms with Crippen LogP contribution in [-0.2, 0) is 52.7 Å². The number of nitrogens with one attached hydrogen (secondary N) is 11. The fourth-order valence-corrected chi connectivity index (χ4v) is 9.54. The van der Waals surface area contributed by atoms with E-state index in [0.717, 1.165) is 0 Å². The van der Waals surface area contributed by atoms with Crippen LogP contribution in [0, 0.1) is 34.5 Å². The van der Waals surface area contributed by atoms with Crippen molar-refractivity contribution in [2.24, 2.45) is 56.7 Å². The van der Waals surface area contributed by atoms with Crippen LogP contribution < -0.4 is 75.7 Å². The van der Waals surface area contributed by atoms with Gasteiger partial charge in [0.2, 0.25) is 65.0 Å². The minimum atomic E-state index is -2.02. The average molecular weight is 1260 g/mol. The van der Waals surface area contributed by atoms with Gasteiger partial charge < -0.3 is 91.0 Å². The van der Waals surface area contributed by atoms with Gasteiger partial charge in [0, 0.05) is 6.54 Å². The molecule has 29 heteroatoms. The number of nitrogens with zero attached hydrogens (tertiary/aromatic N) is 1. The average Bonchev–Trinajstić information content (AvgIpc) is 1.77. The summed E-state index contributed by atoms with van der Waals surface area (Å²) in [6.45, 7) is 21.2. The summed E-state index contributed by atoms with van der Waals surface area (Å²) in [4.78, 5) is 162. The van der Waals surface area contributed by atoms with Crippen LogP contribution in [0.5, 0.6) is 0 Å². The van der Waals surface area contributed by atoms with Crippen LogP contribution in [0.4, 0.5) is 0 Å². The molecular formula is C60H103N15O14. The van der Waals surface area contributed by atoms with E-state index in [9.17, 15) is 63.3 Å². The van der Waals surface area contributed by atoms with Crippen LogP contribution in [0.1, 0.15) is 147 Å². The molecule has 11 amide bonds. The molecule has 1 aromatic carbocycles. The monoisotopic (exact) mass is 1260 g/mol. The normalized spacial score (nSPS) is 24.5. The third-order valence-corrected chi connectivity index (χ3v) is 14.6. The summed E-state index contributed by atoms with van der Waals surface area (Å²) in [6.07, 6.45) is -1.35. The fraction of sp³-hybridized carbons (Fsp3) is 0.700. The molecular weight excluding hydrogens is 1150 g/mol. The lowest BCUT2D eigenvalue weighted by molar-refractivity contribution is -0.139. The topological polar surface area (TPSA) is 471 Å². The van der Waals surface area contributed by atoms with Crippen LogP contribution in [0.2, 0.25) is 0 Å². The molecule has 0 radical (unpaired) electrons. The number of guanidine groups is 1. The van der Waals surface area contributed by atoms with E-state index in [4.69, 9.17) is 17.2 Å². The largest absolute Gasteiger partial charge is 0.394 e. The summed E-state index contributed by atoms with van der Waals surface area (Å²) < 4.78 is 0. The van der Waals surface area contributed by atoms with Gasteiger partial charge in [0.1, 0.15) is 54.4 Å². The number of aliphatic imine (C=N–C) groups is 1. The van der Waals surface area contributed by atoms with Gasteiger partial charge in [-0.2, -0.15) is 0 Å². The molecule has 1 fully saturated rings. The van der Waals surface area contributed by atoms with E-state index < -0.39 is 186 Å². The Morgan fingerprint density at radius 3 is 1.66 bits per heavy atom. The minimum Gasteiger partial charge on any atom is -0.394 e. The van der Waals surface area contributed by atoms with E-state index in [0.29, 0.717) is 6.42 Å². The number of aliphatic hydroxyl groups is 3. The molecule has 502 valence electrons. The van der Waals surface area contributed by atoms with Gasteiger partial charge in [-0.25, -0.2) is 0 Å². The van der Waals surface area contributed by atoms with Crippen molar-refractivity contribution >= 4 is 70.9 Å². The number of carbonyl (C=O) groups excluding carboxylic acids is 11. The fourth-order valence-electron chi connectivity index (χ4n) is 9.54. The van der Waals surface area contributed by atoms with Crippen LogP contribution in [0.15, 0.2) is 35.3 Å². The van der Waals surface area contributed by atoms with Crippen molar-refractivity contribution in [1.29, 1.82) is 0 Å².